The SMILES string of the molecule is Cc1noc(C2CCCN(C(=O)[C@@H]3CCCN3)C2)n1.Cl. The molecule has 20 heavy (non-hydrogen) atoms. The van der Waals surface area contributed by atoms with Crippen LogP contribution in [0.2, 0.25) is 0 Å². The second-order valence-electron chi connectivity index (χ2n) is 5.45. The molecule has 1 aromatic heterocycles. The Bertz CT molecular complexity index is 459. The van der Waals surface area contributed by atoms with Crippen molar-refractivity contribution >= 4 is 18.3 Å². The van der Waals surface area contributed by atoms with Crippen molar-refractivity contribution in [3.8, 4) is 0 Å². The van der Waals surface area contributed by atoms with Crippen LogP contribution in [0.4, 0.5) is 0 Å². The standard InChI is InChI=1S/C13H20N4O2.ClH/c1-9-15-12(19-16-9)10-4-3-7-17(8-10)13(18)11-5-2-6-14-11;/h10-11,14H,2-8H2,1H3;1H/t10?,11-;/m0./s1. The van der Waals surface area contributed by atoms with Crippen LogP contribution in [0.15, 0.2) is 4.52 Å². The van der Waals surface area contributed by atoms with Crippen LogP contribution in [0.3, 0.4) is 0 Å². The molecule has 112 valence electrons. The number of aryl methyl sites for hydroxylation is 1. The van der Waals surface area contributed by atoms with Crippen molar-refractivity contribution in [3.63, 3.8) is 0 Å². The maximum atomic E-state index is 12.4. The van der Waals surface area contributed by atoms with Gasteiger partial charge in [0.1, 0.15) is 0 Å². The van der Waals surface area contributed by atoms with E-state index in [0.717, 1.165) is 38.8 Å². The van der Waals surface area contributed by atoms with Crippen LogP contribution in [-0.2, 0) is 4.79 Å². The van der Waals surface area contributed by atoms with Gasteiger partial charge in [-0.15, -0.1) is 12.4 Å². The number of hydrogen-bond acceptors (Lipinski definition) is 5. The summed E-state index contributed by atoms with van der Waals surface area (Å²) in [6, 6.07) is 0.0168. The Hall–Kier alpha value is -1.14. The van der Waals surface area contributed by atoms with E-state index in [2.05, 4.69) is 15.5 Å². The van der Waals surface area contributed by atoms with Crippen LogP contribution < -0.4 is 5.32 Å². The minimum absolute atomic E-state index is 0. The van der Waals surface area contributed by atoms with E-state index in [1.165, 1.54) is 0 Å². The molecule has 3 heterocycles. The van der Waals surface area contributed by atoms with Gasteiger partial charge in [0.25, 0.3) is 0 Å². The van der Waals surface area contributed by atoms with Gasteiger partial charge >= 0.3 is 0 Å². The van der Waals surface area contributed by atoms with E-state index in [1.54, 1.807) is 0 Å². The van der Waals surface area contributed by atoms with Gasteiger partial charge in [0.2, 0.25) is 11.8 Å². The first kappa shape index (κ1) is 15.3. The van der Waals surface area contributed by atoms with Gasteiger partial charge in [-0.1, -0.05) is 5.16 Å². The monoisotopic (exact) mass is 300 g/mol. The zero-order valence-electron chi connectivity index (χ0n) is 11.7. The molecule has 2 fully saturated rings. The Morgan fingerprint density at radius 3 is 2.90 bits per heavy atom. The van der Waals surface area contributed by atoms with Crippen molar-refractivity contribution in [2.24, 2.45) is 0 Å². The normalized spacial score (nSPS) is 26.4. The number of aromatic nitrogens is 2. The number of carbonyl (C=O) groups is 1. The van der Waals surface area contributed by atoms with E-state index in [1.807, 2.05) is 11.8 Å². The highest BCUT2D eigenvalue weighted by Crippen LogP contribution is 2.26. The highest BCUT2D eigenvalue weighted by Gasteiger charge is 2.32. The number of hydrogen-bond donors (Lipinski definition) is 1. The topological polar surface area (TPSA) is 71.3 Å². The lowest BCUT2D eigenvalue weighted by Crippen LogP contribution is -2.47. The lowest BCUT2D eigenvalue weighted by atomic mass is 9.97. The summed E-state index contributed by atoms with van der Waals surface area (Å²) in [6.07, 6.45) is 4.07. The van der Waals surface area contributed by atoms with Crippen molar-refractivity contribution < 1.29 is 9.32 Å². The molecule has 1 N–H and O–H groups in total. The summed E-state index contributed by atoms with van der Waals surface area (Å²) >= 11 is 0. The fourth-order valence-electron chi connectivity index (χ4n) is 2.97. The molecule has 2 aliphatic heterocycles. The number of rotatable bonds is 2. The minimum Gasteiger partial charge on any atom is -0.341 e. The van der Waals surface area contributed by atoms with Crippen molar-refractivity contribution in [3.05, 3.63) is 11.7 Å². The second kappa shape index (κ2) is 6.54. The van der Waals surface area contributed by atoms with Crippen LogP contribution in [0.5, 0.6) is 0 Å². The van der Waals surface area contributed by atoms with E-state index in [4.69, 9.17) is 4.52 Å². The van der Waals surface area contributed by atoms with E-state index < -0.39 is 0 Å². The smallest absolute Gasteiger partial charge is 0.239 e. The van der Waals surface area contributed by atoms with E-state index in [9.17, 15) is 4.79 Å². The number of piperidine rings is 1. The molecule has 2 aliphatic rings. The van der Waals surface area contributed by atoms with Crippen LogP contribution in [-0.4, -0.2) is 46.6 Å². The lowest BCUT2D eigenvalue weighted by Gasteiger charge is -2.32. The van der Waals surface area contributed by atoms with E-state index in [0.29, 0.717) is 18.3 Å². The summed E-state index contributed by atoms with van der Waals surface area (Å²) in [5.74, 6) is 1.77. The molecule has 3 rings (SSSR count). The summed E-state index contributed by atoms with van der Waals surface area (Å²) < 4.78 is 5.24. The quantitative estimate of drug-likeness (QED) is 0.890. The van der Waals surface area contributed by atoms with Crippen molar-refractivity contribution in [2.45, 2.75) is 44.6 Å². The Kier molecular flexibility index (Phi) is 4.99. The van der Waals surface area contributed by atoms with Gasteiger partial charge in [-0.05, 0) is 39.2 Å². The van der Waals surface area contributed by atoms with Gasteiger partial charge < -0.3 is 14.7 Å². The zero-order valence-corrected chi connectivity index (χ0v) is 12.5. The molecule has 0 aliphatic carbocycles. The van der Waals surface area contributed by atoms with Gasteiger partial charge in [-0.2, -0.15) is 4.98 Å². The molecule has 0 aromatic carbocycles. The highest BCUT2D eigenvalue weighted by molar-refractivity contribution is 5.85. The minimum atomic E-state index is 0. The second-order valence-corrected chi connectivity index (χ2v) is 5.45. The highest BCUT2D eigenvalue weighted by atomic mass is 35.5. The maximum absolute atomic E-state index is 12.4. The molecule has 2 saturated heterocycles. The third kappa shape index (κ3) is 3.12. The molecule has 2 atom stereocenters. The molecular formula is C13H21ClN4O2. The predicted octanol–water partition coefficient (Wildman–Crippen LogP) is 1.26. The lowest BCUT2D eigenvalue weighted by molar-refractivity contribution is -0.134. The largest absolute Gasteiger partial charge is 0.341 e. The molecule has 1 aromatic rings. The van der Waals surface area contributed by atoms with E-state index in [-0.39, 0.29) is 30.3 Å². The predicted molar refractivity (Wildman–Crippen MR) is 75.9 cm³/mol. The molecule has 6 nitrogen and oxygen atoms in total. The van der Waals surface area contributed by atoms with Gasteiger partial charge in [-0.25, -0.2) is 0 Å². The average molecular weight is 301 g/mol. The van der Waals surface area contributed by atoms with Gasteiger partial charge in [-0.3, -0.25) is 4.79 Å². The molecule has 1 amide bonds. The van der Waals surface area contributed by atoms with Crippen molar-refractivity contribution in [1.82, 2.24) is 20.4 Å². The number of halogens is 1. The Balaban J connectivity index is 0.00000147. The average Bonchev–Trinajstić information content (AvgIpc) is 3.09. The zero-order chi connectivity index (χ0) is 13.2. The fourth-order valence-corrected chi connectivity index (χ4v) is 2.97. The van der Waals surface area contributed by atoms with Gasteiger partial charge in [0.05, 0.1) is 12.0 Å². The maximum Gasteiger partial charge on any atom is 0.239 e. The van der Waals surface area contributed by atoms with Crippen LogP contribution in [0.25, 0.3) is 0 Å². The summed E-state index contributed by atoms with van der Waals surface area (Å²) in [7, 11) is 0. The van der Waals surface area contributed by atoms with Crippen molar-refractivity contribution in [2.75, 3.05) is 19.6 Å². The Labute approximate surface area is 124 Å². The summed E-state index contributed by atoms with van der Waals surface area (Å²) in [5, 5.41) is 7.11. The summed E-state index contributed by atoms with van der Waals surface area (Å²) in [6.45, 7) is 4.33. The first-order chi connectivity index (χ1) is 9.24. The van der Waals surface area contributed by atoms with E-state index >= 15 is 0 Å². The number of nitrogens with zero attached hydrogens (tertiary/aromatic N) is 3. The fraction of sp³-hybridized carbons (Fsp3) is 0.769. The van der Waals surface area contributed by atoms with Crippen LogP contribution in [0, 0.1) is 6.92 Å². The number of likely N-dealkylation sites (tertiary alicyclic amines) is 1. The molecule has 7 heteroatoms. The number of carbonyl (C=O) groups excluding carboxylic acids is 1. The van der Waals surface area contributed by atoms with Gasteiger partial charge in [0.15, 0.2) is 5.82 Å². The number of amides is 1. The Morgan fingerprint density at radius 1 is 1.40 bits per heavy atom. The third-order valence-electron chi connectivity index (χ3n) is 3.98. The molecule has 0 radical (unpaired) electrons. The Morgan fingerprint density at radius 2 is 2.25 bits per heavy atom. The summed E-state index contributed by atoms with van der Waals surface area (Å²) in [4.78, 5) is 18.6. The first-order valence-electron chi connectivity index (χ1n) is 7.06. The summed E-state index contributed by atoms with van der Waals surface area (Å²) in [5.41, 5.74) is 0. The molecule has 0 bridgehead atoms. The molecule has 1 unspecified atom stereocenters. The van der Waals surface area contributed by atoms with Crippen LogP contribution >= 0.6 is 12.4 Å². The van der Waals surface area contributed by atoms with Crippen molar-refractivity contribution in [1.29, 1.82) is 0 Å². The van der Waals surface area contributed by atoms with Crippen LogP contribution in [0.1, 0.15) is 43.3 Å². The molecule has 0 saturated carbocycles. The first-order valence-corrected chi connectivity index (χ1v) is 7.06. The molecule has 0 spiro atoms. The molecular weight excluding hydrogens is 280 g/mol. The third-order valence-corrected chi connectivity index (χ3v) is 3.98. The van der Waals surface area contributed by atoms with Gasteiger partial charge in [0, 0.05) is 13.1 Å². The number of nitrogens with one attached hydrogen (secondary N) is 1.